The molecule has 0 unspecified atom stereocenters. The second-order valence-electron chi connectivity index (χ2n) is 2.22. The molecule has 68 valence electrons. The number of nitrogens with zero attached hydrogens (tertiary/aromatic N) is 1. The SMILES string of the molecule is CC.CCc1ccc[n+](CO)c1. The van der Waals surface area contributed by atoms with E-state index in [2.05, 4.69) is 6.92 Å². The van der Waals surface area contributed by atoms with Crippen LogP contribution in [-0.4, -0.2) is 5.11 Å². The van der Waals surface area contributed by atoms with Gasteiger partial charge in [-0.25, -0.2) is 0 Å². The van der Waals surface area contributed by atoms with Crippen LogP contribution < -0.4 is 4.57 Å². The highest BCUT2D eigenvalue weighted by molar-refractivity contribution is 5.04. The lowest BCUT2D eigenvalue weighted by atomic mass is 10.2. The Labute approximate surface area is 74.5 Å². The zero-order valence-electron chi connectivity index (χ0n) is 8.12. The van der Waals surface area contributed by atoms with Gasteiger partial charge in [-0.15, -0.1) is 0 Å². The molecule has 1 heterocycles. The largest absolute Gasteiger partial charge is 0.339 e. The van der Waals surface area contributed by atoms with E-state index in [1.165, 1.54) is 5.56 Å². The number of hydrogen-bond acceptors (Lipinski definition) is 1. The summed E-state index contributed by atoms with van der Waals surface area (Å²) < 4.78 is 1.75. The molecular weight excluding hydrogens is 150 g/mol. The van der Waals surface area contributed by atoms with Gasteiger partial charge in [-0.1, -0.05) is 20.8 Å². The molecule has 0 bridgehead atoms. The van der Waals surface area contributed by atoms with Crippen molar-refractivity contribution in [1.82, 2.24) is 0 Å². The second-order valence-corrected chi connectivity index (χ2v) is 2.22. The van der Waals surface area contributed by atoms with Crippen molar-refractivity contribution in [2.75, 3.05) is 0 Å². The van der Waals surface area contributed by atoms with E-state index in [1.807, 2.05) is 38.4 Å². The summed E-state index contributed by atoms with van der Waals surface area (Å²) in [6.45, 7) is 6.16. The molecule has 1 N–H and O–H groups in total. The summed E-state index contributed by atoms with van der Waals surface area (Å²) in [5.74, 6) is 0. The minimum absolute atomic E-state index is 0.0633. The molecule has 1 rings (SSSR count). The van der Waals surface area contributed by atoms with Crippen molar-refractivity contribution in [3.8, 4) is 0 Å². The minimum Gasteiger partial charge on any atom is -0.339 e. The van der Waals surface area contributed by atoms with Crippen molar-refractivity contribution in [3.63, 3.8) is 0 Å². The van der Waals surface area contributed by atoms with E-state index >= 15 is 0 Å². The van der Waals surface area contributed by atoms with Crippen molar-refractivity contribution in [2.24, 2.45) is 0 Å². The number of pyridine rings is 1. The monoisotopic (exact) mass is 168 g/mol. The van der Waals surface area contributed by atoms with Crippen LogP contribution in [0.1, 0.15) is 26.3 Å². The molecule has 1 aromatic rings. The van der Waals surface area contributed by atoms with Gasteiger partial charge in [0.25, 0.3) is 0 Å². The standard InChI is InChI=1S/C8H12NO.C2H6/c1-2-8-4-3-5-9(6-8)7-10;1-2/h3-6,10H,2,7H2,1H3;1-2H3/q+1;. The van der Waals surface area contributed by atoms with Gasteiger partial charge < -0.3 is 5.11 Å². The third kappa shape index (κ3) is 3.49. The average Bonchev–Trinajstić information content (AvgIpc) is 2.21. The van der Waals surface area contributed by atoms with E-state index in [0.29, 0.717) is 0 Å². The summed E-state index contributed by atoms with van der Waals surface area (Å²) >= 11 is 0. The minimum atomic E-state index is 0.0633. The molecule has 0 atom stereocenters. The summed E-state index contributed by atoms with van der Waals surface area (Å²) in [6.07, 6.45) is 4.81. The van der Waals surface area contributed by atoms with Crippen LogP contribution in [0.5, 0.6) is 0 Å². The molecule has 0 fully saturated rings. The van der Waals surface area contributed by atoms with Gasteiger partial charge in [-0.3, -0.25) is 0 Å². The third-order valence-electron chi connectivity index (χ3n) is 1.49. The van der Waals surface area contributed by atoms with E-state index in [9.17, 15) is 0 Å². The van der Waals surface area contributed by atoms with Crippen LogP contribution in [0.25, 0.3) is 0 Å². The van der Waals surface area contributed by atoms with Crippen LogP contribution in [0.4, 0.5) is 0 Å². The smallest absolute Gasteiger partial charge is 0.250 e. The summed E-state index contributed by atoms with van der Waals surface area (Å²) in [5, 5.41) is 8.72. The van der Waals surface area contributed by atoms with Gasteiger partial charge in [-0.05, 0) is 12.5 Å². The maximum absolute atomic E-state index is 8.72. The van der Waals surface area contributed by atoms with E-state index in [-0.39, 0.29) is 6.73 Å². The van der Waals surface area contributed by atoms with Crippen molar-refractivity contribution in [3.05, 3.63) is 30.1 Å². The first-order valence-corrected chi connectivity index (χ1v) is 4.45. The van der Waals surface area contributed by atoms with Crippen molar-refractivity contribution >= 4 is 0 Å². The van der Waals surface area contributed by atoms with E-state index < -0.39 is 0 Å². The van der Waals surface area contributed by atoms with Crippen LogP contribution in [0, 0.1) is 0 Å². The zero-order chi connectivity index (χ0) is 9.40. The zero-order valence-corrected chi connectivity index (χ0v) is 8.12. The molecule has 0 amide bonds. The van der Waals surface area contributed by atoms with Gasteiger partial charge >= 0.3 is 0 Å². The number of aryl methyl sites for hydroxylation is 1. The number of hydrogen-bond donors (Lipinski definition) is 1. The van der Waals surface area contributed by atoms with Gasteiger partial charge in [0.05, 0.1) is 0 Å². The van der Waals surface area contributed by atoms with Crippen LogP contribution in [-0.2, 0) is 13.2 Å². The Hall–Kier alpha value is -0.890. The molecule has 0 aliphatic heterocycles. The van der Waals surface area contributed by atoms with Gasteiger partial charge in [0.2, 0.25) is 6.73 Å². The fraction of sp³-hybridized carbons (Fsp3) is 0.500. The van der Waals surface area contributed by atoms with Crippen molar-refractivity contribution < 1.29 is 9.67 Å². The first kappa shape index (κ1) is 11.1. The molecule has 0 spiro atoms. The molecule has 0 aromatic carbocycles. The molecule has 1 aromatic heterocycles. The Morgan fingerprint density at radius 3 is 2.58 bits per heavy atom. The lowest BCUT2D eigenvalue weighted by Gasteiger charge is -1.92. The lowest BCUT2D eigenvalue weighted by molar-refractivity contribution is -0.730. The molecular formula is C10H18NO+. The summed E-state index contributed by atoms with van der Waals surface area (Å²) in [6, 6.07) is 3.99. The highest BCUT2D eigenvalue weighted by atomic mass is 16.3. The fourth-order valence-electron chi connectivity index (χ4n) is 0.873. The van der Waals surface area contributed by atoms with Crippen LogP contribution in [0.3, 0.4) is 0 Å². The third-order valence-corrected chi connectivity index (χ3v) is 1.49. The van der Waals surface area contributed by atoms with Gasteiger partial charge in [-0.2, -0.15) is 4.57 Å². The Kier molecular flexibility index (Phi) is 6.29. The molecule has 0 radical (unpaired) electrons. The summed E-state index contributed by atoms with van der Waals surface area (Å²) in [7, 11) is 0. The Morgan fingerprint density at radius 2 is 2.08 bits per heavy atom. The molecule has 2 heteroatoms. The Bertz CT molecular complexity index is 191. The van der Waals surface area contributed by atoms with Gasteiger partial charge in [0.1, 0.15) is 0 Å². The lowest BCUT2D eigenvalue weighted by Crippen LogP contribution is -2.32. The quantitative estimate of drug-likeness (QED) is 0.665. The molecule has 0 saturated heterocycles. The molecule has 0 saturated carbocycles. The maximum Gasteiger partial charge on any atom is 0.250 e. The van der Waals surface area contributed by atoms with E-state index in [4.69, 9.17) is 5.11 Å². The number of rotatable bonds is 2. The Balaban J connectivity index is 0.000000561. The first-order valence-electron chi connectivity index (χ1n) is 4.45. The normalized spacial score (nSPS) is 8.67. The van der Waals surface area contributed by atoms with Crippen LogP contribution >= 0.6 is 0 Å². The van der Waals surface area contributed by atoms with Crippen molar-refractivity contribution in [1.29, 1.82) is 0 Å². The van der Waals surface area contributed by atoms with Gasteiger partial charge in [0.15, 0.2) is 12.4 Å². The fourth-order valence-corrected chi connectivity index (χ4v) is 0.873. The topological polar surface area (TPSA) is 24.1 Å². The molecule has 0 aliphatic rings. The predicted molar refractivity (Wildman–Crippen MR) is 49.6 cm³/mol. The predicted octanol–water partition coefficient (Wildman–Crippen LogP) is 1.51. The molecule has 2 nitrogen and oxygen atoms in total. The highest BCUT2D eigenvalue weighted by Crippen LogP contribution is 1.93. The number of aromatic nitrogens is 1. The average molecular weight is 168 g/mol. The molecule has 12 heavy (non-hydrogen) atoms. The number of aliphatic hydroxyl groups excluding tert-OH is 1. The highest BCUT2D eigenvalue weighted by Gasteiger charge is 1.96. The molecule has 0 aliphatic carbocycles. The van der Waals surface area contributed by atoms with Crippen molar-refractivity contribution in [2.45, 2.75) is 33.9 Å². The summed E-state index contributed by atoms with van der Waals surface area (Å²) in [4.78, 5) is 0. The van der Waals surface area contributed by atoms with Crippen LogP contribution in [0.2, 0.25) is 0 Å². The van der Waals surface area contributed by atoms with Gasteiger partial charge in [0, 0.05) is 11.6 Å². The first-order chi connectivity index (χ1) is 5.86. The van der Waals surface area contributed by atoms with Crippen LogP contribution in [0.15, 0.2) is 24.5 Å². The van der Waals surface area contributed by atoms with E-state index in [0.717, 1.165) is 6.42 Å². The maximum atomic E-state index is 8.72. The summed E-state index contributed by atoms with van der Waals surface area (Å²) in [5.41, 5.74) is 1.25. The number of aliphatic hydroxyl groups is 1. The Morgan fingerprint density at radius 1 is 1.42 bits per heavy atom. The second kappa shape index (κ2) is 6.80. The van der Waals surface area contributed by atoms with E-state index in [1.54, 1.807) is 4.57 Å².